The lowest BCUT2D eigenvalue weighted by Gasteiger charge is -2.10. The SMILES string of the molecule is Cn1ccnc1CCC(O)c1ccc(Cl)nc1. The Balaban J connectivity index is 1.95. The molecule has 0 aliphatic rings. The summed E-state index contributed by atoms with van der Waals surface area (Å²) in [7, 11) is 1.94. The topological polar surface area (TPSA) is 50.9 Å². The Morgan fingerprint density at radius 1 is 1.41 bits per heavy atom. The molecule has 0 bridgehead atoms. The summed E-state index contributed by atoms with van der Waals surface area (Å²) in [6.45, 7) is 0. The molecular weight excluding hydrogens is 238 g/mol. The van der Waals surface area contributed by atoms with Gasteiger partial charge in [-0.1, -0.05) is 17.7 Å². The molecule has 0 saturated heterocycles. The van der Waals surface area contributed by atoms with Gasteiger partial charge >= 0.3 is 0 Å². The third-order valence-corrected chi connectivity index (χ3v) is 2.92. The van der Waals surface area contributed by atoms with Crippen molar-refractivity contribution in [1.29, 1.82) is 0 Å². The van der Waals surface area contributed by atoms with E-state index in [1.54, 1.807) is 24.5 Å². The molecule has 2 rings (SSSR count). The van der Waals surface area contributed by atoms with E-state index in [9.17, 15) is 5.11 Å². The highest BCUT2D eigenvalue weighted by Crippen LogP contribution is 2.18. The molecule has 0 radical (unpaired) electrons. The molecule has 0 aromatic carbocycles. The molecule has 17 heavy (non-hydrogen) atoms. The second-order valence-corrected chi connectivity index (χ2v) is 4.31. The minimum absolute atomic E-state index is 0.435. The van der Waals surface area contributed by atoms with E-state index in [-0.39, 0.29) is 0 Å². The number of rotatable bonds is 4. The van der Waals surface area contributed by atoms with Crippen molar-refractivity contribution in [1.82, 2.24) is 14.5 Å². The molecule has 0 aliphatic heterocycles. The normalized spacial score (nSPS) is 12.6. The Morgan fingerprint density at radius 2 is 2.24 bits per heavy atom. The van der Waals surface area contributed by atoms with Gasteiger partial charge in [0, 0.05) is 32.1 Å². The number of hydrogen-bond acceptors (Lipinski definition) is 3. The van der Waals surface area contributed by atoms with Crippen molar-refractivity contribution in [2.75, 3.05) is 0 Å². The fraction of sp³-hybridized carbons (Fsp3) is 0.333. The number of pyridine rings is 1. The molecule has 2 heterocycles. The van der Waals surface area contributed by atoms with E-state index in [2.05, 4.69) is 9.97 Å². The number of aryl methyl sites for hydroxylation is 2. The van der Waals surface area contributed by atoms with Gasteiger partial charge in [0.1, 0.15) is 11.0 Å². The minimum atomic E-state index is -0.531. The smallest absolute Gasteiger partial charge is 0.129 e. The van der Waals surface area contributed by atoms with Crippen LogP contribution in [0.1, 0.15) is 23.9 Å². The molecule has 1 unspecified atom stereocenters. The molecule has 2 aromatic rings. The van der Waals surface area contributed by atoms with E-state index in [4.69, 9.17) is 11.6 Å². The summed E-state index contributed by atoms with van der Waals surface area (Å²) in [5, 5.41) is 10.4. The number of halogens is 1. The quantitative estimate of drug-likeness (QED) is 0.847. The monoisotopic (exact) mass is 251 g/mol. The fourth-order valence-electron chi connectivity index (χ4n) is 1.65. The van der Waals surface area contributed by atoms with Gasteiger partial charge in [-0.05, 0) is 18.1 Å². The Bertz CT molecular complexity index is 481. The first-order valence-corrected chi connectivity index (χ1v) is 5.80. The zero-order chi connectivity index (χ0) is 12.3. The lowest BCUT2D eigenvalue weighted by atomic mass is 10.1. The Hall–Kier alpha value is -1.39. The van der Waals surface area contributed by atoms with Gasteiger partial charge in [0.15, 0.2) is 0 Å². The van der Waals surface area contributed by atoms with E-state index < -0.39 is 6.10 Å². The molecule has 0 aliphatic carbocycles. The molecule has 1 N–H and O–H groups in total. The third kappa shape index (κ3) is 3.05. The highest BCUT2D eigenvalue weighted by atomic mass is 35.5. The van der Waals surface area contributed by atoms with E-state index in [1.165, 1.54) is 0 Å². The van der Waals surface area contributed by atoms with E-state index in [0.717, 1.165) is 17.8 Å². The van der Waals surface area contributed by atoms with E-state index in [0.29, 0.717) is 11.6 Å². The second kappa shape index (κ2) is 5.29. The third-order valence-electron chi connectivity index (χ3n) is 2.70. The van der Waals surface area contributed by atoms with Crippen LogP contribution in [0.3, 0.4) is 0 Å². The summed E-state index contributed by atoms with van der Waals surface area (Å²) in [6, 6.07) is 3.47. The predicted octanol–water partition coefficient (Wildman–Crippen LogP) is 2.13. The number of nitrogens with zero attached hydrogens (tertiary/aromatic N) is 3. The average Bonchev–Trinajstić information content (AvgIpc) is 2.73. The van der Waals surface area contributed by atoms with Gasteiger partial charge < -0.3 is 9.67 Å². The molecular formula is C12H14ClN3O. The van der Waals surface area contributed by atoms with Crippen molar-refractivity contribution in [2.24, 2.45) is 7.05 Å². The van der Waals surface area contributed by atoms with Crippen LogP contribution < -0.4 is 0 Å². The van der Waals surface area contributed by atoms with Gasteiger partial charge in [0.2, 0.25) is 0 Å². The summed E-state index contributed by atoms with van der Waals surface area (Å²) >= 11 is 5.69. The molecule has 1 atom stereocenters. The molecule has 5 heteroatoms. The van der Waals surface area contributed by atoms with Gasteiger partial charge in [-0.2, -0.15) is 0 Å². The summed E-state index contributed by atoms with van der Waals surface area (Å²) in [4.78, 5) is 8.16. The van der Waals surface area contributed by atoms with Crippen molar-refractivity contribution >= 4 is 11.6 Å². The summed E-state index contributed by atoms with van der Waals surface area (Å²) in [5.41, 5.74) is 0.781. The molecule has 4 nitrogen and oxygen atoms in total. The highest BCUT2D eigenvalue weighted by molar-refractivity contribution is 6.29. The standard InChI is InChI=1S/C12H14ClN3O/c1-16-7-6-14-12(16)5-3-10(17)9-2-4-11(13)15-8-9/h2,4,6-8,10,17H,3,5H2,1H3. The van der Waals surface area contributed by atoms with Crippen LogP contribution in [0.25, 0.3) is 0 Å². The van der Waals surface area contributed by atoms with Crippen molar-refractivity contribution in [2.45, 2.75) is 18.9 Å². The molecule has 0 saturated carbocycles. The van der Waals surface area contributed by atoms with Crippen LogP contribution in [0.4, 0.5) is 0 Å². The van der Waals surface area contributed by atoms with Gasteiger partial charge in [-0.3, -0.25) is 0 Å². The highest BCUT2D eigenvalue weighted by Gasteiger charge is 2.09. The summed E-state index contributed by atoms with van der Waals surface area (Å²) in [6.07, 6.45) is 6.07. The van der Waals surface area contributed by atoms with Gasteiger partial charge in [0.05, 0.1) is 6.10 Å². The second-order valence-electron chi connectivity index (χ2n) is 3.92. The molecule has 2 aromatic heterocycles. The molecule has 0 spiro atoms. The van der Waals surface area contributed by atoms with E-state index >= 15 is 0 Å². The van der Waals surface area contributed by atoms with Crippen LogP contribution in [0.15, 0.2) is 30.7 Å². The molecule has 0 fully saturated rings. The minimum Gasteiger partial charge on any atom is -0.388 e. The number of imidazole rings is 1. The van der Waals surface area contributed by atoms with Crippen LogP contribution in [0, 0.1) is 0 Å². The van der Waals surface area contributed by atoms with Gasteiger partial charge in [-0.25, -0.2) is 9.97 Å². The van der Waals surface area contributed by atoms with Crippen LogP contribution in [0.2, 0.25) is 5.15 Å². The Morgan fingerprint density at radius 3 is 2.82 bits per heavy atom. The summed E-state index contributed by atoms with van der Waals surface area (Å²) in [5.74, 6) is 0.964. The first-order valence-electron chi connectivity index (χ1n) is 5.42. The predicted molar refractivity (Wildman–Crippen MR) is 65.7 cm³/mol. The van der Waals surface area contributed by atoms with Crippen LogP contribution in [-0.2, 0) is 13.5 Å². The number of aromatic nitrogens is 3. The fourth-order valence-corrected chi connectivity index (χ4v) is 1.77. The van der Waals surface area contributed by atoms with Crippen LogP contribution >= 0.6 is 11.6 Å². The van der Waals surface area contributed by atoms with Crippen molar-refractivity contribution in [3.8, 4) is 0 Å². The van der Waals surface area contributed by atoms with Crippen molar-refractivity contribution < 1.29 is 5.11 Å². The number of hydrogen-bond donors (Lipinski definition) is 1. The lowest BCUT2D eigenvalue weighted by molar-refractivity contribution is 0.166. The lowest BCUT2D eigenvalue weighted by Crippen LogP contribution is -2.03. The Kier molecular flexibility index (Phi) is 3.76. The number of aliphatic hydroxyl groups excluding tert-OH is 1. The van der Waals surface area contributed by atoms with Crippen LogP contribution in [0.5, 0.6) is 0 Å². The van der Waals surface area contributed by atoms with Crippen molar-refractivity contribution in [3.63, 3.8) is 0 Å². The first-order chi connectivity index (χ1) is 8.16. The Labute approximate surface area is 105 Å². The largest absolute Gasteiger partial charge is 0.388 e. The van der Waals surface area contributed by atoms with Gasteiger partial charge in [0.25, 0.3) is 0 Å². The van der Waals surface area contributed by atoms with Crippen molar-refractivity contribution in [3.05, 3.63) is 47.3 Å². The van der Waals surface area contributed by atoms with E-state index in [1.807, 2.05) is 17.8 Å². The van der Waals surface area contributed by atoms with Crippen LogP contribution in [-0.4, -0.2) is 19.6 Å². The molecule has 0 amide bonds. The zero-order valence-corrected chi connectivity index (χ0v) is 10.3. The first kappa shape index (κ1) is 12.1. The maximum absolute atomic E-state index is 9.98. The molecule has 90 valence electrons. The van der Waals surface area contributed by atoms with Gasteiger partial charge in [-0.15, -0.1) is 0 Å². The zero-order valence-electron chi connectivity index (χ0n) is 9.55. The average molecular weight is 252 g/mol. The number of aliphatic hydroxyl groups is 1. The summed E-state index contributed by atoms with van der Waals surface area (Å²) < 4.78 is 1.95. The maximum atomic E-state index is 9.98. The maximum Gasteiger partial charge on any atom is 0.129 e.